The quantitative estimate of drug-likeness (QED) is 0.817. The van der Waals surface area contributed by atoms with E-state index in [1.165, 1.54) is 0 Å². The molecule has 7 heteroatoms. The standard InChI is InChI=1S/C19H28N4O3/c1-21(2)10-11-23-14-15(12-17(23)24)18(25)22-8-5-19(26,6-9-22)16-4-3-7-20-13-16/h3-4,7,13,15,26H,5-6,8-12,14H2,1-2H3/t15-/m0/s1. The van der Waals surface area contributed by atoms with E-state index in [1.807, 2.05) is 31.1 Å². The van der Waals surface area contributed by atoms with Crippen molar-refractivity contribution in [2.24, 2.45) is 5.92 Å². The number of hydrogen-bond donors (Lipinski definition) is 1. The summed E-state index contributed by atoms with van der Waals surface area (Å²) in [7, 11) is 3.95. The van der Waals surface area contributed by atoms with Gasteiger partial charge in [0, 0.05) is 57.1 Å². The van der Waals surface area contributed by atoms with E-state index in [0.717, 1.165) is 12.1 Å². The van der Waals surface area contributed by atoms with E-state index in [0.29, 0.717) is 45.4 Å². The van der Waals surface area contributed by atoms with Gasteiger partial charge in [0.25, 0.3) is 0 Å². The third-order valence-corrected chi connectivity index (χ3v) is 5.48. The van der Waals surface area contributed by atoms with Crippen molar-refractivity contribution >= 4 is 11.8 Å². The molecule has 2 fully saturated rings. The molecule has 0 aliphatic carbocycles. The van der Waals surface area contributed by atoms with Crippen LogP contribution in [0.15, 0.2) is 24.5 Å². The van der Waals surface area contributed by atoms with Gasteiger partial charge in [0.1, 0.15) is 0 Å². The lowest BCUT2D eigenvalue weighted by molar-refractivity contribution is -0.140. The second-order valence-corrected chi connectivity index (χ2v) is 7.64. The second-order valence-electron chi connectivity index (χ2n) is 7.64. The first-order valence-electron chi connectivity index (χ1n) is 9.23. The van der Waals surface area contributed by atoms with Gasteiger partial charge < -0.3 is 19.8 Å². The Labute approximate surface area is 154 Å². The van der Waals surface area contributed by atoms with Crippen molar-refractivity contribution in [3.05, 3.63) is 30.1 Å². The molecule has 0 saturated carbocycles. The lowest BCUT2D eigenvalue weighted by Crippen LogP contribution is -2.47. The molecule has 0 bridgehead atoms. The number of hydrogen-bond acceptors (Lipinski definition) is 5. The van der Waals surface area contributed by atoms with Crippen LogP contribution in [0.1, 0.15) is 24.8 Å². The van der Waals surface area contributed by atoms with Crippen LogP contribution in [0, 0.1) is 5.92 Å². The van der Waals surface area contributed by atoms with E-state index in [4.69, 9.17) is 0 Å². The van der Waals surface area contributed by atoms with Crippen LogP contribution in [-0.2, 0) is 15.2 Å². The molecule has 1 aromatic rings. The van der Waals surface area contributed by atoms with Crippen LogP contribution >= 0.6 is 0 Å². The lowest BCUT2D eigenvalue weighted by atomic mass is 9.85. The number of carbonyl (C=O) groups is 2. The third kappa shape index (κ3) is 4.04. The summed E-state index contributed by atoms with van der Waals surface area (Å²) >= 11 is 0. The Morgan fingerprint density at radius 3 is 2.73 bits per heavy atom. The van der Waals surface area contributed by atoms with Gasteiger partial charge in [-0.15, -0.1) is 0 Å². The summed E-state index contributed by atoms with van der Waals surface area (Å²) in [5.74, 6) is -0.151. The molecule has 2 aliphatic rings. The Kier molecular flexibility index (Phi) is 5.58. The van der Waals surface area contributed by atoms with Crippen molar-refractivity contribution in [1.82, 2.24) is 19.7 Å². The largest absolute Gasteiger partial charge is 0.385 e. The Morgan fingerprint density at radius 2 is 2.12 bits per heavy atom. The summed E-state index contributed by atoms with van der Waals surface area (Å²) in [5.41, 5.74) is -0.119. The minimum atomic E-state index is -0.922. The van der Waals surface area contributed by atoms with Crippen molar-refractivity contribution < 1.29 is 14.7 Å². The van der Waals surface area contributed by atoms with Gasteiger partial charge in [0.2, 0.25) is 11.8 Å². The van der Waals surface area contributed by atoms with Crippen molar-refractivity contribution in [1.29, 1.82) is 0 Å². The number of likely N-dealkylation sites (N-methyl/N-ethyl adjacent to an activating group) is 1. The van der Waals surface area contributed by atoms with Crippen LogP contribution < -0.4 is 0 Å². The fourth-order valence-electron chi connectivity index (χ4n) is 3.76. The number of aliphatic hydroxyl groups is 1. The minimum absolute atomic E-state index is 0.0407. The average Bonchev–Trinajstić information content (AvgIpc) is 3.01. The maximum absolute atomic E-state index is 12.8. The smallest absolute Gasteiger partial charge is 0.227 e. The minimum Gasteiger partial charge on any atom is -0.385 e. The molecule has 1 atom stereocenters. The van der Waals surface area contributed by atoms with Gasteiger partial charge in [-0.1, -0.05) is 6.07 Å². The number of carbonyl (C=O) groups excluding carboxylic acids is 2. The van der Waals surface area contributed by atoms with E-state index in [2.05, 4.69) is 4.98 Å². The predicted octanol–water partition coefficient (Wildman–Crippen LogP) is 0.302. The summed E-state index contributed by atoms with van der Waals surface area (Å²) in [4.78, 5) is 34.7. The lowest BCUT2D eigenvalue weighted by Gasteiger charge is -2.39. The van der Waals surface area contributed by atoms with E-state index in [1.54, 1.807) is 22.2 Å². The highest BCUT2D eigenvalue weighted by Gasteiger charge is 2.40. The normalized spacial score (nSPS) is 22.9. The van der Waals surface area contributed by atoms with Gasteiger partial charge in [-0.2, -0.15) is 0 Å². The van der Waals surface area contributed by atoms with Crippen LogP contribution in [0.5, 0.6) is 0 Å². The van der Waals surface area contributed by atoms with Crippen LogP contribution in [-0.4, -0.2) is 83.4 Å². The molecule has 1 aromatic heterocycles. The Bertz CT molecular complexity index is 641. The highest BCUT2D eigenvalue weighted by Crippen LogP contribution is 2.33. The summed E-state index contributed by atoms with van der Waals surface area (Å²) < 4.78 is 0. The molecule has 0 aromatic carbocycles. The number of pyridine rings is 1. The fraction of sp³-hybridized carbons (Fsp3) is 0.632. The topological polar surface area (TPSA) is 77.0 Å². The number of nitrogens with zero attached hydrogens (tertiary/aromatic N) is 4. The van der Waals surface area contributed by atoms with Crippen LogP contribution in [0.25, 0.3) is 0 Å². The van der Waals surface area contributed by atoms with Gasteiger partial charge in [-0.05, 0) is 33.0 Å². The zero-order chi connectivity index (χ0) is 18.7. The maximum Gasteiger partial charge on any atom is 0.227 e. The molecule has 3 rings (SSSR count). The molecule has 0 spiro atoms. The zero-order valence-electron chi connectivity index (χ0n) is 15.6. The predicted molar refractivity (Wildman–Crippen MR) is 97.2 cm³/mol. The number of rotatable bonds is 5. The molecule has 2 aliphatic heterocycles. The molecule has 3 heterocycles. The van der Waals surface area contributed by atoms with E-state index >= 15 is 0 Å². The van der Waals surface area contributed by atoms with Gasteiger partial charge in [0.05, 0.1) is 11.5 Å². The molecule has 26 heavy (non-hydrogen) atoms. The van der Waals surface area contributed by atoms with Crippen molar-refractivity contribution in [2.75, 3.05) is 46.8 Å². The zero-order valence-corrected chi connectivity index (χ0v) is 15.6. The Balaban J connectivity index is 1.55. The molecule has 1 N–H and O–H groups in total. The Hall–Kier alpha value is -1.99. The molecular formula is C19H28N4O3. The SMILES string of the molecule is CN(C)CCN1C[C@@H](C(=O)N2CCC(O)(c3cccnc3)CC2)CC1=O. The van der Waals surface area contributed by atoms with Crippen LogP contribution in [0.3, 0.4) is 0 Å². The average molecular weight is 360 g/mol. The molecule has 0 radical (unpaired) electrons. The maximum atomic E-state index is 12.8. The van der Waals surface area contributed by atoms with E-state index in [9.17, 15) is 14.7 Å². The van der Waals surface area contributed by atoms with Gasteiger partial charge in [-0.25, -0.2) is 0 Å². The number of amides is 2. The summed E-state index contributed by atoms with van der Waals surface area (Å²) in [6.45, 7) is 2.99. The van der Waals surface area contributed by atoms with Crippen molar-refractivity contribution in [3.63, 3.8) is 0 Å². The van der Waals surface area contributed by atoms with Gasteiger partial charge in [0.15, 0.2) is 0 Å². The first-order valence-corrected chi connectivity index (χ1v) is 9.23. The molecule has 2 saturated heterocycles. The van der Waals surface area contributed by atoms with Crippen molar-refractivity contribution in [2.45, 2.75) is 24.9 Å². The molecule has 0 unspecified atom stereocenters. The second kappa shape index (κ2) is 7.72. The summed E-state index contributed by atoms with van der Waals surface area (Å²) in [5, 5.41) is 10.9. The first-order chi connectivity index (χ1) is 12.4. The number of piperidine rings is 1. The highest BCUT2D eigenvalue weighted by molar-refractivity contribution is 5.89. The fourth-order valence-corrected chi connectivity index (χ4v) is 3.76. The first kappa shape index (κ1) is 18.8. The molecular weight excluding hydrogens is 332 g/mol. The van der Waals surface area contributed by atoms with Crippen LogP contribution in [0.2, 0.25) is 0 Å². The van der Waals surface area contributed by atoms with Crippen LogP contribution in [0.4, 0.5) is 0 Å². The van der Waals surface area contributed by atoms with E-state index in [-0.39, 0.29) is 17.7 Å². The number of aromatic nitrogens is 1. The summed E-state index contributed by atoms with van der Waals surface area (Å²) in [6.07, 6.45) is 4.67. The molecule has 7 nitrogen and oxygen atoms in total. The molecule has 142 valence electrons. The number of likely N-dealkylation sites (tertiary alicyclic amines) is 2. The van der Waals surface area contributed by atoms with E-state index < -0.39 is 5.60 Å². The molecule has 2 amide bonds. The summed E-state index contributed by atoms with van der Waals surface area (Å²) in [6, 6.07) is 3.69. The van der Waals surface area contributed by atoms with Gasteiger partial charge >= 0.3 is 0 Å². The van der Waals surface area contributed by atoms with Crippen molar-refractivity contribution in [3.8, 4) is 0 Å². The highest BCUT2D eigenvalue weighted by atomic mass is 16.3. The monoisotopic (exact) mass is 360 g/mol. The third-order valence-electron chi connectivity index (χ3n) is 5.48. The Morgan fingerprint density at radius 1 is 1.38 bits per heavy atom. The van der Waals surface area contributed by atoms with Gasteiger partial charge in [-0.3, -0.25) is 14.6 Å².